The van der Waals surface area contributed by atoms with Crippen LogP contribution in [-0.4, -0.2) is 31.3 Å². The van der Waals surface area contributed by atoms with E-state index in [1.807, 2.05) is 12.1 Å². The van der Waals surface area contributed by atoms with E-state index in [9.17, 15) is 4.79 Å². The monoisotopic (exact) mass is 318 g/mol. The van der Waals surface area contributed by atoms with Crippen molar-refractivity contribution in [3.8, 4) is 0 Å². The van der Waals surface area contributed by atoms with E-state index in [0.717, 1.165) is 25.2 Å². The molecular weight excluding hydrogens is 303 g/mol. The number of nitrogens with one attached hydrogen (secondary N) is 2. The van der Waals surface area contributed by atoms with Crippen LogP contribution in [0.2, 0.25) is 10.0 Å². The lowest BCUT2D eigenvalue weighted by Crippen LogP contribution is -2.48. The van der Waals surface area contributed by atoms with Crippen molar-refractivity contribution in [3.05, 3.63) is 33.8 Å². The number of thioether (sulfide) groups is 1. The van der Waals surface area contributed by atoms with Crippen LogP contribution in [0.5, 0.6) is 0 Å². The molecule has 1 aromatic carbocycles. The van der Waals surface area contributed by atoms with Gasteiger partial charge in [-0.15, -0.1) is 11.8 Å². The molecule has 1 aliphatic rings. The SMILES string of the molecule is O=C(CSCc1ccc(Cl)cc1Cl)NCC1CNC1. The van der Waals surface area contributed by atoms with Gasteiger partial charge < -0.3 is 10.6 Å². The van der Waals surface area contributed by atoms with Crippen LogP contribution < -0.4 is 10.6 Å². The average molecular weight is 319 g/mol. The van der Waals surface area contributed by atoms with Crippen LogP contribution in [0.1, 0.15) is 5.56 Å². The molecule has 2 rings (SSSR count). The van der Waals surface area contributed by atoms with E-state index < -0.39 is 0 Å². The molecule has 0 aliphatic carbocycles. The maximum absolute atomic E-state index is 11.6. The summed E-state index contributed by atoms with van der Waals surface area (Å²) in [7, 11) is 0. The van der Waals surface area contributed by atoms with Gasteiger partial charge in [0.25, 0.3) is 0 Å². The Labute approximate surface area is 127 Å². The minimum Gasteiger partial charge on any atom is -0.355 e. The number of carbonyl (C=O) groups is 1. The summed E-state index contributed by atoms with van der Waals surface area (Å²) in [5.41, 5.74) is 1.01. The van der Waals surface area contributed by atoms with Gasteiger partial charge in [0.1, 0.15) is 0 Å². The fourth-order valence-corrected chi connectivity index (χ4v) is 3.11. The lowest BCUT2D eigenvalue weighted by Gasteiger charge is -2.27. The van der Waals surface area contributed by atoms with Gasteiger partial charge in [0, 0.05) is 41.4 Å². The molecular formula is C13H16Cl2N2OS. The topological polar surface area (TPSA) is 41.1 Å². The smallest absolute Gasteiger partial charge is 0.230 e. The second-order valence-electron chi connectivity index (χ2n) is 4.56. The number of halogens is 2. The van der Waals surface area contributed by atoms with Crippen molar-refractivity contribution < 1.29 is 4.79 Å². The Morgan fingerprint density at radius 2 is 2.21 bits per heavy atom. The van der Waals surface area contributed by atoms with Crippen LogP contribution in [-0.2, 0) is 10.5 Å². The first-order valence-corrected chi connectivity index (χ1v) is 8.05. The van der Waals surface area contributed by atoms with Gasteiger partial charge in [0.15, 0.2) is 0 Å². The number of hydrogen-bond acceptors (Lipinski definition) is 3. The van der Waals surface area contributed by atoms with Crippen molar-refractivity contribution in [3.63, 3.8) is 0 Å². The van der Waals surface area contributed by atoms with E-state index in [-0.39, 0.29) is 5.91 Å². The molecule has 104 valence electrons. The van der Waals surface area contributed by atoms with Crippen LogP contribution in [0, 0.1) is 5.92 Å². The highest BCUT2D eigenvalue weighted by Gasteiger charge is 2.16. The molecule has 1 saturated heterocycles. The maximum Gasteiger partial charge on any atom is 0.230 e. The molecule has 0 atom stereocenters. The highest BCUT2D eigenvalue weighted by molar-refractivity contribution is 7.99. The number of carbonyl (C=O) groups excluding carboxylic acids is 1. The maximum atomic E-state index is 11.6. The zero-order valence-corrected chi connectivity index (χ0v) is 12.7. The van der Waals surface area contributed by atoms with Crippen LogP contribution in [0.3, 0.4) is 0 Å². The first-order valence-electron chi connectivity index (χ1n) is 6.14. The summed E-state index contributed by atoms with van der Waals surface area (Å²) in [4.78, 5) is 11.6. The number of amides is 1. The van der Waals surface area contributed by atoms with E-state index in [1.54, 1.807) is 17.8 Å². The summed E-state index contributed by atoms with van der Waals surface area (Å²) in [6.07, 6.45) is 0. The number of benzene rings is 1. The average Bonchev–Trinajstić information content (AvgIpc) is 2.30. The van der Waals surface area contributed by atoms with Gasteiger partial charge in [0.05, 0.1) is 5.75 Å². The van der Waals surface area contributed by atoms with Crippen molar-refractivity contribution >= 4 is 40.9 Å². The highest BCUT2D eigenvalue weighted by Crippen LogP contribution is 2.24. The summed E-state index contributed by atoms with van der Waals surface area (Å²) in [6, 6.07) is 5.44. The molecule has 0 bridgehead atoms. The van der Waals surface area contributed by atoms with Crippen molar-refractivity contribution in [1.82, 2.24) is 10.6 Å². The fraction of sp³-hybridized carbons (Fsp3) is 0.462. The second-order valence-corrected chi connectivity index (χ2v) is 6.39. The third-order valence-electron chi connectivity index (χ3n) is 2.96. The highest BCUT2D eigenvalue weighted by atomic mass is 35.5. The molecule has 1 heterocycles. The number of hydrogen-bond donors (Lipinski definition) is 2. The van der Waals surface area contributed by atoms with Gasteiger partial charge in [-0.05, 0) is 17.7 Å². The molecule has 6 heteroatoms. The molecule has 2 N–H and O–H groups in total. The molecule has 1 aliphatic heterocycles. The summed E-state index contributed by atoms with van der Waals surface area (Å²) >= 11 is 13.5. The summed E-state index contributed by atoms with van der Waals surface area (Å²) in [5, 5.41) is 7.40. The Bertz CT molecular complexity index is 452. The Morgan fingerprint density at radius 3 is 2.84 bits per heavy atom. The molecule has 1 aromatic rings. The van der Waals surface area contributed by atoms with Crippen LogP contribution in [0.25, 0.3) is 0 Å². The molecule has 0 unspecified atom stereocenters. The van der Waals surface area contributed by atoms with Gasteiger partial charge in [-0.25, -0.2) is 0 Å². The van der Waals surface area contributed by atoms with Crippen LogP contribution >= 0.6 is 35.0 Å². The van der Waals surface area contributed by atoms with E-state index in [2.05, 4.69) is 10.6 Å². The Hall–Kier alpha value is -0.420. The summed E-state index contributed by atoms with van der Waals surface area (Å²) in [5.74, 6) is 1.86. The van der Waals surface area contributed by atoms with Gasteiger partial charge in [-0.2, -0.15) is 0 Å². The van der Waals surface area contributed by atoms with Gasteiger partial charge >= 0.3 is 0 Å². The van der Waals surface area contributed by atoms with Gasteiger partial charge in [-0.1, -0.05) is 29.3 Å². The minimum absolute atomic E-state index is 0.0852. The number of rotatable bonds is 6. The van der Waals surface area contributed by atoms with E-state index >= 15 is 0 Å². The molecule has 1 amide bonds. The predicted molar refractivity (Wildman–Crippen MR) is 82.0 cm³/mol. The summed E-state index contributed by atoms with van der Waals surface area (Å²) < 4.78 is 0. The standard InChI is InChI=1S/C13H16Cl2N2OS/c14-11-2-1-10(12(15)3-11)7-19-8-13(18)17-6-9-4-16-5-9/h1-3,9,16H,4-8H2,(H,17,18). The zero-order chi connectivity index (χ0) is 13.7. The molecule has 0 saturated carbocycles. The second kappa shape index (κ2) is 7.39. The third-order valence-corrected chi connectivity index (χ3v) is 4.53. The molecule has 0 aromatic heterocycles. The molecule has 1 fully saturated rings. The van der Waals surface area contributed by atoms with E-state index in [1.165, 1.54) is 0 Å². The predicted octanol–water partition coefficient (Wildman–Crippen LogP) is 2.56. The fourth-order valence-electron chi connectivity index (χ4n) is 1.69. The first kappa shape index (κ1) is 15.0. The van der Waals surface area contributed by atoms with Crippen molar-refractivity contribution in [2.24, 2.45) is 5.92 Å². The largest absolute Gasteiger partial charge is 0.355 e. The normalized spacial score (nSPS) is 15.1. The Morgan fingerprint density at radius 1 is 1.42 bits per heavy atom. The van der Waals surface area contributed by atoms with Gasteiger partial charge in [0.2, 0.25) is 5.91 Å². The third kappa shape index (κ3) is 4.88. The van der Waals surface area contributed by atoms with Crippen molar-refractivity contribution in [2.75, 3.05) is 25.4 Å². The first-order chi connectivity index (χ1) is 9.15. The van der Waals surface area contributed by atoms with Crippen molar-refractivity contribution in [2.45, 2.75) is 5.75 Å². The lowest BCUT2D eigenvalue weighted by atomic mass is 10.0. The molecule has 0 spiro atoms. The van der Waals surface area contributed by atoms with Crippen molar-refractivity contribution in [1.29, 1.82) is 0 Å². The molecule has 19 heavy (non-hydrogen) atoms. The van der Waals surface area contributed by atoms with E-state index in [0.29, 0.717) is 27.5 Å². The van der Waals surface area contributed by atoms with Crippen LogP contribution in [0.4, 0.5) is 0 Å². The van der Waals surface area contributed by atoms with Gasteiger partial charge in [-0.3, -0.25) is 4.79 Å². The Balaban J connectivity index is 1.66. The Kier molecular flexibility index (Phi) is 5.82. The molecule has 3 nitrogen and oxygen atoms in total. The quantitative estimate of drug-likeness (QED) is 0.847. The minimum atomic E-state index is 0.0852. The summed E-state index contributed by atoms with van der Waals surface area (Å²) in [6.45, 7) is 2.79. The van der Waals surface area contributed by atoms with Crippen LogP contribution in [0.15, 0.2) is 18.2 Å². The van der Waals surface area contributed by atoms with E-state index in [4.69, 9.17) is 23.2 Å². The molecule has 0 radical (unpaired) electrons. The zero-order valence-electron chi connectivity index (χ0n) is 10.4. The lowest BCUT2D eigenvalue weighted by molar-refractivity contribution is -0.118.